The van der Waals surface area contributed by atoms with E-state index < -0.39 is 0 Å². The SMILES string of the molecule is CC(C)(C)N(N)/C(=N\S)C(c1ccc2ccccc2c1)N1CCN(c2c(Cl)cncc2Cl)CC1. The fourth-order valence-corrected chi connectivity index (χ4v) is 5.20. The Morgan fingerprint density at radius 3 is 2.24 bits per heavy atom. The van der Waals surface area contributed by atoms with E-state index in [0.717, 1.165) is 37.4 Å². The van der Waals surface area contributed by atoms with E-state index in [2.05, 4.69) is 95.2 Å². The predicted octanol–water partition coefficient (Wildman–Crippen LogP) is 5.62. The highest BCUT2D eigenvalue weighted by atomic mass is 35.5. The summed E-state index contributed by atoms with van der Waals surface area (Å²) in [7, 11) is 0. The molecule has 1 aromatic heterocycles. The summed E-state index contributed by atoms with van der Waals surface area (Å²) in [6.45, 7) is 9.26. The van der Waals surface area contributed by atoms with Gasteiger partial charge in [-0.05, 0) is 56.0 Å². The summed E-state index contributed by atoms with van der Waals surface area (Å²) in [4.78, 5) is 8.68. The topological polar surface area (TPSA) is 61.0 Å². The molecule has 180 valence electrons. The molecule has 0 bridgehead atoms. The largest absolute Gasteiger partial charge is 0.366 e. The lowest BCUT2D eigenvalue weighted by Crippen LogP contribution is -2.57. The number of pyridine rings is 1. The average Bonchev–Trinajstić information content (AvgIpc) is 2.81. The molecule has 0 saturated carbocycles. The molecule has 1 saturated heterocycles. The van der Waals surface area contributed by atoms with Crippen LogP contribution in [-0.4, -0.2) is 52.4 Å². The number of hydrogen-bond donors (Lipinski definition) is 2. The highest BCUT2D eigenvalue weighted by molar-refractivity contribution is 7.79. The standard InChI is InChI=1S/C25H30Cl2N6S/c1-25(2,3)33(28)24(30-34)22(19-9-8-17-6-4-5-7-18(17)14-19)31-10-12-32(13-11-31)23-20(26)15-29-16-21(23)27/h4-9,14-16,22,34H,10-13,28H2,1-3H3/b30-24-. The quantitative estimate of drug-likeness (QED) is 0.155. The number of aromatic nitrogens is 1. The van der Waals surface area contributed by atoms with Gasteiger partial charge in [0.15, 0.2) is 0 Å². The van der Waals surface area contributed by atoms with Crippen LogP contribution < -0.4 is 10.7 Å². The van der Waals surface area contributed by atoms with Crippen molar-refractivity contribution in [3.8, 4) is 0 Å². The monoisotopic (exact) mass is 516 g/mol. The van der Waals surface area contributed by atoms with Crippen molar-refractivity contribution in [1.29, 1.82) is 0 Å². The average molecular weight is 518 g/mol. The lowest BCUT2D eigenvalue weighted by Gasteiger charge is -2.44. The molecule has 0 radical (unpaired) electrons. The van der Waals surface area contributed by atoms with E-state index in [-0.39, 0.29) is 11.6 Å². The maximum atomic E-state index is 6.60. The minimum atomic E-state index is -0.323. The third kappa shape index (κ3) is 5.14. The molecule has 0 amide bonds. The van der Waals surface area contributed by atoms with Crippen molar-refractivity contribution in [3.05, 3.63) is 70.5 Å². The smallest absolute Gasteiger partial charge is 0.149 e. The van der Waals surface area contributed by atoms with Gasteiger partial charge in [-0.2, -0.15) is 0 Å². The van der Waals surface area contributed by atoms with Crippen molar-refractivity contribution < 1.29 is 0 Å². The Kier molecular flexibility index (Phi) is 7.60. The Bertz CT molecular complexity index is 1170. The van der Waals surface area contributed by atoms with Gasteiger partial charge >= 0.3 is 0 Å². The van der Waals surface area contributed by atoms with Crippen LogP contribution in [0.15, 0.2) is 59.3 Å². The highest BCUT2D eigenvalue weighted by Gasteiger charge is 2.35. The second-order valence-electron chi connectivity index (χ2n) is 9.48. The summed E-state index contributed by atoms with van der Waals surface area (Å²) in [5, 5.41) is 5.22. The van der Waals surface area contributed by atoms with Gasteiger partial charge in [-0.1, -0.05) is 59.6 Å². The minimum absolute atomic E-state index is 0.156. The Balaban J connectivity index is 1.68. The Morgan fingerprint density at radius 2 is 1.65 bits per heavy atom. The van der Waals surface area contributed by atoms with Gasteiger partial charge < -0.3 is 4.90 Å². The number of anilines is 1. The molecule has 1 aliphatic rings. The van der Waals surface area contributed by atoms with E-state index in [4.69, 9.17) is 29.0 Å². The molecule has 1 unspecified atom stereocenters. The number of thiol groups is 1. The molecule has 3 aromatic rings. The van der Waals surface area contributed by atoms with E-state index in [9.17, 15) is 0 Å². The number of piperazine rings is 1. The second kappa shape index (κ2) is 10.3. The van der Waals surface area contributed by atoms with Gasteiger partial charge in [0, 0.05) is 44.1 Å². The van der Waals surface area contributed by atoms with E-state index >= 15 is 0 Å². The summed E-state index contributed by atoms with van der Waals surface area (Å²) in [5.74, 6) is 7.30. The van der Waals surface area contributed by atoms with Crippen molar-refractivity contribution in [3.63, 3.8) is 0 Å². The molecule has 1 fully saturated rings. The number of fused-ring (bicyclic) bond motifs is 1. The van der Waals surface area contributed by atoms with Gasteiger partial charge in [-0.25, -0.2) is 10.2 Å². The van der Waals surface area contributed by atoms with E-state index in [1.54, 1.807) is 17.4 Å². The van der Waals surface area contributed by atoms with Gasteiger partial charge in [0.1, 0.15) is 5.84 Å². The lowest BCUT2D eigenvalue weighted by atomic mass is 9.97. The van der Waals surface area contributed by atoms with Crippen LogP contribution in [0.2, 0.25) is 10.0 Å². The van der Waals surface area contributed by atoms with Crippen molar-refractivity contribution in [2.45, 2.75) is 32.4 Å². The Hall–Kier alpha value is -2.03. The second-order valence-corrected chi connectivity index (χ2v) is 10.5. The predicted molar refractivity (Wildman–Crippen MR) is 147 cm³/mol. The maximum absolute atomic E-state index is 6.60. The van der Waals surface area contributed by atoms with Crippen LogP contribution in [0, 0.1) is 0 Å². The molecule has 0 spiro atoms. The first-order chi connectivity index (χ1) is 16.2. The summed E-state index contributed by atoms with van der Waals surface area (Å²) < 4.78 is 4.40. The molecule has 2 heterocycles. The summed E-state index contributed by atoms with van der Waals surface area (Å²) >= 11 is 17.2. The number of nitrogens with two attached hydrogens (primary N) is 1. The van der Waals surface area contributed by atoms with Crippen molar-refractivity contribution >= 4 is 58.3 Å². The third-order valence-corrected chi connectivity index (χ3v) is 6.99. The van der Waals surface area contributed by atoms with Crippen LogP contribution in [-0.2, 0) is 0 Å². The zero-order valence-corrected chi connectivity index (χ0v) is 22.0. The molecular formula is C25H30Cl2N6S. The fourth-order valence-electron chi connectivity index (χ4n) is 4.39. The normalized spacial score (nSPS) is 16.7. The van der Waals surface area contributed by atoms with Gasteiger partial charge in [-0.15, -0.1) is 0 Å². The third-order valence-electron chi connectivity index (χ3n) is 6.23. The molecular weight excluding hydrogens is 487 g/mol. The Labute approximate surface area is 216 Å². The first kappa shape index (κ1) is 25.1. The fraction of sp³-hybridized carbons (Fsp3) is 0.360. The van der Waals surface area contributed by atoms with Crippen LogP contribution >= 0.6 is 36.0 Å². The summed E-state index contributed by atoms with van der Waals surface area (Å²) in [6, 6.07) is 14.7. The van der Waals surface area contributed by atoms with E-state index in [1.165, 1.54) is 10.8 Å². The van der Waals surface area contributed by atoms with E-state index in [0.29, 0.717) is 15.9 Å². The molecule has 9 heteroatoms. The molecule has 2 N–H and O–H groups in total. The van der Waals surface area contributed by atoms with Crippen molar-refractivity contribution in [1.82, 2.24) is 14.9 Å². The first-order valence-electron chi connectivity index (χ1n) is 11.2. The van der Waals surface area contributed by atoms with Crippen LogP contribution in [0.4, 0.5) is 5.69 Å². The van der Waals surface area contributed by atoms with Crippen LogP contribution in [0.1, 0.15) is 32.4 Å². The first-order valence-corrected chi connectivity index (χ1v) is 12.4. The zero-order valence-electron chi connectivity index (χ0n) is 19.6. The summed E-state index contributed by atoms with van der Waals surface area (Å²) in [6.07, 6.45) is 3.27. The molecule has 1 aliphatic heterocycles. The van der Waals surface area contributed by atoms with Gasteiger partial charge in [0.05, 0.1) is 21.8 Å². The molecule has 2 aromatic carbocycles. The molecule has 34 heavy (non-hydrogen) atoms. The van der Waals surface area contributed by atoms with Crippen LogP contribution in [0.25, 0.3) is 10.8 Å². The van der Waals surface area contributed by atoms with Gasteiger partial charge in [0.25, 0.3) is 0 Å². The number of hydrazine groups is 1. The van der Waals surface area contributed by atoms with Crippen LogP contribution in [0.5, 0.6) is 0 Å². The molecule has 0 aliphatic carbocycles. The van der Waals surface area contributed by atoms with Crippen LogP contribution in [0.3, 0.4) is 0 Å². The number of hydrogen-bond acceptors (Lipinski definition) is 6. The molecule has 6 nitrogen and oxygen atoms in total. The number of halogens is 2. The maximum Gasteiger partial charge on any atom is 0.149 e. The van der Waals surface area contributed by atoms with Gasteiger partial charge in [0.2, 0.25) is 0 Å². The number of rotatable bonds is 4. The lowest BCUT2D eigenvalue weighted by molar-refractivity contribution is 0.184. The van der Waals surface area contributed by atoms with Crippen molar-refractivity contribution in [2.24, 2.45) is 10.2 Å². The van der Waals surface area contributed by atoms with Gasteiger partial charge in [-0.3, -0.25) is 14.9 Å². The zero-order chi connectivity index (χ0) is 24.5. The van der Waals surface area contributed by atoms with E-state index in [1.807, 2.05) is 0 Å². The molecule has 1 atom stereocenters. The number of nitrogens with zero attached hydrogens (tertiary/aromatic N) is 5. The summed E-state index contributed by atoms with van der Waals surface area (Å²) in [5.41, 5.74) is 1.63. The number of benzene rings is 2. The minimum Gasteiger partial charge on any atom is -0.366 e. The molecule has 4 rings (SSSR count). The highest BCUT2D eigenvalue weighted by Crippen LogP contribution is 2.35. The van der Waals surface area contributed by atoms with Crippen molar-refractivity contribution in [2.75, 3.05) is 31.1 Å². The number of amidine groups is 1. The Morgan fingerprint density at radius 1 is 1.03 bits per heavy atom.